The van der Waals surface area contributed by atoms with Crippen molar-refractivity contribution in [3.63, 3.8) is 0 Å². The maximum absolute atomic E-state index is 13.0. The molecule has 2 heterocycles. The number of aromatic nitrogens is 4. The van der Waals surface area contributed by atoms with Crippen LogP contribution in [-0.2, 0) is 23.7 Å². The minimum absolute atomic E-state index is 0. The van der Waals surface area contributed by atoms with Crippen LogP contribution in [0.25, 0.3) is 0 Å². The number of halogens is 2. The van der Waals surface area contributed by atoms with Crippen LogP contribution in [0.5, 0.6) is 11.5 Å². The Morgan fingerprint density at radius 3 is 1.35 bits per heavy atom. The molecule has 68 heavy (non-hydrogen) atoms. The van der Waals surface area contributed by atoms with Gasteiger partial charge in [0.15, 0.2) is 0 Å². The number of carbonyl (C=O) groups excluding carboxylic acids is 3. The number of nitrogens with one attached hydrogen (secondary N) is 6. The van der Waals surface area contributed by atoms with Gasteiger partial charge in [-0.05, 0) is 128 Å². The Labute approximate surface area is 414 Å². The minimum Gasteiger partial charge on any atom is -1.00 e. The van der Waals surface area contributed by atoms with E-state index >= 15 is 0 Å². The molecular weight excluding hydrogens is 954 g/mol. The summed E-state index contributed by atoms with van der Waals surface area (Å²) in [4.78, 5) is 39.6. The molecule has 0 unspecified atom stereocenters. The van der Waals surface area contributed by atoms with Crippen molar-refractivity contribution in [3.05, 3.63) is 77.8 Å². The van der Waals surface area contributed by atoms with Gasteiger partial charge in [0, 0.05) is 60.8 Å². The van der Waals surface area contributed by atoms with E-state index in [4.69, 9.17) is 9.47 Å². The fourth-order valence-electron chi connectivity index (χ4n) is 6.61. The zero-order valence-corrected chi connectivity index (χ0v) is 42.4. The van der Waals surface area contributed by atoms with Gasteiger partial charge in [-0.1, -0.05) is 10.2 Å². The number of hydrogen-bond acceptors (Lipinski definition) is 16. The van der Waals surface area contributed by atoms with Crippen molar-refractivity contribution < 1.29 is 58.0 Å². The number of carbonyl (C=O) groups is 3. The Morgan fingerprint density at radius 1 is 0.588 bits per heavy atom. The number of anilines is 9. The van der Waals surface area contributed by atoms with Crippen LogP contribution in [0.4, 0.5) is 77.1 Å². The molecule has 0 spiro atoms. The predicted octanol–water partition coefficient (Wildman–Crippen LogP) is 4.08. The average molecular weight is 1010 g/mol. The predicted molar refractivity (Wildman–Crippen MR) is 259 cm³/mol. The maximum atomic E-state index is 13.0. The standard InChI is InChI=1S/C44H51N15O5S2.2ClH/c1-24(2)59(25(3)4)44-56-58(9)43(66-44)54-52-36-23-40(64-11)38(21-34(36)46-27(6)61)48-30-14-18-32(19-15-30)50-41(62)49-31-16-12-29(13-17-31)47-37-20-33(45-26(5)60)35(22-39(37)63-10)51-53-42-57(8)55-28(7)65-42;;/h12-25H,1-11H3,(H4,45,46,47,48,49,50,51,52,60,61,62);2*1H. The molecule has 0 aliphatic heterocycles. The fourth-order valence-corrected chi connectivity index (χ4v) is 8.40. The molecule has 0 radical (unpaired) electrons. The molecule has 360 valence electrons. The second-order valence-corrected chi connectivity index (χ2v) is 17.4. The smallest absolute Gasteiger partial charge is 0.431 e. The van der Waals surface area contributed by atoms with Crippen molar-refractivity contribution in [3.8, 4) is 11.5 Å². The Hall–Kier alpha value is -7.01. The monoisotopic (exact) mass is 1010 g/mol. The first kappa shape index (κ1) is 53.6. The minimum atomic E-state index is -0.448. The number of urea groups is 1. The molecule has 0 saturated heterocycles. The molecule has 6 N–H and O–H groups in total. The van der Waals surface area contributed by atoms with Crippen LogP contribution in [0.1, 0.15) is 46.6 Å². The topological polar surface area (TPSA) is 228 Å². The van der Waals surface area contributed by atoms with E-state index < -0.39 is 6.03 Å². The van der Waals surface area contributed by atoms with Gasteiger partial charge in [-0.25, -0.2) is 4.79 Å². The van der Waals surface area contributed by atoms with Gasteiger partial charge in [0.25, 0.3) is 0 Å². The van der Waals surface area contributed by atoms with Crippen molar-refractivity contribution in [2.45, 2.75) is 60.5 Å². The van der Waals surface area contributed by atoms with Crippen LogP contribution in [0, 0.1) is 6.92 Å². The number of rotatable bonds is 17. The third-order valence-electron chi connectivity index (χ3n) is 9.42. The molecule has 6 rings (SSSR count). The van der Waals surface area contributed by atoms with Gasteiger partial charge in [-0.15, -0.1) is 9.36 Å². The van der Waals surface area contributed by atoms with Crippen LogP contribution >= 0.6 is 22.7 Å². The highest BCUT2D eigenvalue weighted by molar-refractivity contribution is 7.18. The van der Waals surface area contributed by atoms with E-state index in [0.717, 1.165) is 10.1 Å². The average Bonchev–Trinajstić information content (AvgIpc) is 3.78. The fraction of sp³-hybridized carbons (Fsp3) is 0.295. The Kier molecular flexibility index (Phi) is 19.0. The van der Waals surface area contributed by atoms with Gasteiger partial charge in [0.1, 0.15) is 42.0 Å². The molecule has 6 aromatic rings. The van der Waals surface area contributed by atoms with Crippen LogP contribution < -0.4 is 80.5 Å². The maximum Gasteiger partial charge on any atom is 0.431 e. The van der Waals surface area contributed by atoms with E-state index in [0.29, 0.717) is 78.6 Å². The first-order valence-corrected chi connectivity index (χ1v) is 22.3. The Bertz CT molecular complexity index is 2770. The molecule has 0 fully saturated rings. The first-order chi connectivity index (χ1) is 31.5. The highest BCUT2D eigenvalue weighted by atomic mass is 35.5. The lowest BCUT2D eigenvalue weighted by molar-refractivity contribution is -0.714. The number of nitrogens with zero attached hydrogens (tertiary/aromatic N) is 9. The highest BCUT2D eigenvalue weighted by Gasteiger charge is 2.25. The first-order valence-electron chi connectivity index (χ1n) is 20.6. The number of amides is 4. The molecule has 0 atom stereocenters. The Balaban J connectivity index is 0.00000504. The van der Waals surface area contributed by atoms with E-state index in [9.17, 15) is 14.4 Å². The lowest BCUT2D eigenvalue weighted by Gasteiger charge is -2.28. The number of ether oxygens (including phenoxy) is 2. The third kappa shape index (κ3) is 14.0. The zero-order valence-electron chi connectivity index (χ0n) is 39.2. The largest absolute Gasteiger partial charge is 1.00 e. The second-order valence-electron chi connectivity index (χ2n) is 15.3. The summed E-state index contributed by atoms with van der Waals surface area (Å²) in [5.41, 5.74) is 5.24. The third-order valence-corrected chi connectivity index (χ3v) is 11.3. The zero-order chi connectivity index (χ0) is 47.7. The molecule has 4 aromatic carbocycles. The van der Waals surface area contributed by atoms with Crippen LogP contribution in [0.2, 0.25) is 0 Å². The summed E-state index contributed by atoms with van der Waals surface area (Å²) >= 11 is 2.81. The van der Waals surface area contributed by atoms with Crippen molar-refractivity contribution in [2.24, 2.45) is 34.6 Å². The lowest BCUT2D eigenvalue weighted by Crippen LogP contribution is -3.00. The summed E-state index contributed by atoms with van der Waals surface area (Å²) in [6.45, 7) is 13.2. The molecule has 0 aliphatic rings. The molecule has 4 amide bonds. The van der Waals surface area contributed by atoms with Gasteiger partial charge in [-0.2, -0.15) is 0 Å². The molecule has 0 saturated carbocycles. The van der Waals surface area contributed by atoms with Crippen LogP contribution in [0.15, 0.2) is 93.3 Å². The van der Waals surface area contributed by atoms with Gasteiger partial charge in [0.05, 0.1) is 47.2 Å². The second kappa shape index (κ2) is 24.1. The normalized spacial score (nSPS) is 11.0. The number of methoxy groups -OCH3 is 2. The quantitative estimate of drug-likeness (QED) is 0.0567. The molecule has 20 nitrogen and oxygen atoms in total. The SMILES string of the molecule is COc1cc(N=Nc2sc(C)n[n+]2C)c(NC(C)=O)cc1Nc1ccc(NC(=O)Nc2ccc(Nc3cc(NC(C)=O)c(N=Nc4sc(N(C(C)C)C(C)C)n[n+]4C)cc3OC)cc2)cc1.[Cl-].[Cl-]. The van der Waals surface area contributed by atoms with Crippen molar-refractivity contribution >= 4 is 113 Å². The van der Waals surface area contributed by atoms with E-state index in [-0.39, 0.29) is 48.7 Å². The van der Waals surface area contributed by atoms with E-state index in [2.05, 4.69) is 95.1 Å². The van der Waals surface area contributed by atoms with Gasteiger partial charge in [0.2, 0.25) is 16.9 Å². The summed E-state index contributed by atoms with van der Waals surface area (Å²) in [5, 5.41) is 47.5. The molecule has 0 bridgehead atoms. The summed E-state index contributed by atoms with van der Waals surface area (Å²) in [6, 6.07) is 21.0. The van der Waals surface area contributed by atoms with Gasteiger partial charge in [-0.3, -0.25) is 9.59 Å². The summed E-state index contributed by atoms with van der Waals surface area (Å²) in [7, 11) is 6.67. The van der Waals surface area contributed by atoms with Gasteiger partial charge >= 0.3 is 16.3 Å². The van der Waals surface area contributed by atoms with Gasteiger partial charge < -0.3 is 71.1 Å². The van der Waals surface area contributed by atoms with Crippen LogP contribution in [0.3, 0.4) is 0 Å². The summed E-state index contributed by atoms with van der Waals surface area (Å²) < 4.78 is 14.7. The molecular formula is C44H53Cl2N15O5S2. The van der Waals surface area contributed by atoms with Crippen molar-refractivity contribution in [1.29, 1.82) is 0 Å². The Morgan fingerprint density at radius 2 is 0.985 bits per heavy atom. The van der Waals surface area contributed by atoms with E-state index in [1.165, 1.54) is 43.6 Å². The number of hydrogen-bond donors (Lipinski definition) is 6. The molecule has 2 aromatic heterocycles. The molecule has 24 heteroatoms. The highest BCUT2D eigenvalue weighted by Crippen LogP contribution is 2.41. The number of benzene rings is 4. The summed E-state index contributed by atoms with van der Waals surface area (Å²) in [6.07, 6.45) is 0. The van der Waals surface area contributed by atoms with Crippen molar-refractivity contribution in [2.75, 3.05) is 51.0 Å². The molecule has 0 aliphatic carbocycles. The van der Waals surface area contributed by atoms with Crippen LogP contribution in [-0.4, -0.2) is 54.3 Å². The number of azo groups is 2. The van der Waals surface area contributed by atoms with E-state index in [1.807, 2.05) is 14.0 Å². The lowest BCUT2D eigenvalue weighted by atomic mass is 10.2. The summed E-state index contributed by atoms with van der Waals surface area (Å²) in [5.74, 6) is 0.368. The van der Waals surface area contributed by atoms with Crippen molar-refractivity contribution in [1.82, 2.24) is 10.2 Å². The van der Waals surface area contributed by atoms with E-state index in [1.54, 1.807) is 96.3 Å². The number of aryl methyl sites for hydroxylation is 3.